The highest BCUT2D eigenvalue weighted by Crippen LogP contribution is 2.23. The third kappa shape index (κ3) is 5.67. The third-order valence-electron chi connectivity index (χ3n) is 5.18. The van der Waals surface area contributed by atoms with E-state index in [1.54, 1.807) is 18.2 Å². The van der Waals surface area contributed by atoms with Crippen LogP contribution in [0.4, 0.5) is 13.2 Å². The number of aromatic nitrogens is 3. The van der Waals surface area contributed by atoms with Crippen LogP contribution in [0.2, 0.25) is 0 Å². The van der Waals surface area contributed by atoms with Crippen molar-refractivity contribution in [2.24, 2.45) is 0 Å². The zero-order valence-electron chi connectivity index (χ0n) is 17.1. The van der Waals surface area contributed by atoms with Crippen molar-refractivity contribution in [1.82, 2.24) is 25.0 Å². The van der Waals surface area contributed by atoms with E-state index in [-0.39, 0.29) is 11.7 Å². The van der Waals surface area contributed by atoms with Crippen LogP contribution >= 0.6 is 0 Å². The number of hydrogen-bond acceptors (Lipinski definition) is 6. The molecular formula is C21H22F3N5O3. The molecule has 1 aliphatic heterocycles. The number of nitrogens with one attached hydrogen (secondary N) is 1. The number of fused-ring (bicyclic) bond motifs is 1. The molecule has 1 aromatic carbocycles. The van der Waals surface area contributed by atoms with Gasteiger partial charge in [0.2, 0.25) is 0 Å². The number of halogens is 3. The van der Waals surface area contributed by atoms with Crippen molar-refractivity contribution in [3.63, 3.8) is 0 Å². The fourth-order valence-electron chi connectivity index (χ4n) is 3.61. The first-order valence-electron chi connectivity index (χ1n) is 10.2. The van der Waals surface area contributed by atoms with Gasteiger partial charge in [-0.05, 0) is 23.8 Å². The van der Waals surface area contributed by atoms with E-state index in [1.165, 1.54) is 24.7 Å². The van der Waals surface area contributed by atoms with Crippen LogP contribution in [-0.2, 0) is 25.9 Å². The summed E-state index contributed by atoms with van der Waals surface area (Å²) in [5.74, 6) is 1.26. The van der Waals surface area contributed by atoms with Gasteiger partial charge in [-0.3, -0.25) is 9.69 Å². The minimum Gasteiger partial charge on any atom is -0.472 e. The highest BCUT2D eigenvalue weighted by molar-refractivity contribution is 5.93. The molecule has 0 aliphatic carbocycles. The lowest BCUT2D eigenvalue weighted by Crippen LogP contribution is -2.28. The van der Waals surface area contributed by atoms with E-state index >= 15 is 0 Å². The summed E-state index contributed by atoms with van der Waals surface area (Å²) >= 11 is 0. The van der Waals surface area contributed by atoms with Crippen LogP contribution in [0.15, 0.2) is 47.3 Å². The second kappa shape index (κ2) is 9.43. The van der Waals surface area contributed by atoms with Crippen molar-refractivity contribution in [3.05, 3.63) is 65.6 Å². The van der Waals surface area contributed by atoms with Crippen molar-refractivity contribution in [3.8, 4) is 5.75 Å². The molecule has 170 valence electrons. The van der Waals surface area contributed by atoms with Crippen molar-refractivity contribution in [2.45, 2.75) is 32.3 Å². The largest absolute Gasteiger partial charge is 0.573 e. The number of ether oxygens (including phenoxy) is 1. The van der Waals surface area contributed by atoms with Gasteiger partial charge in [-0.1, -0.05) is 12.1 Å². The smallest absolute Gasteiger partial charge is 0.472 e. The Labute approximate surface area is 182 Å². The molecule has 1 N–H and O–H groups in total. The van der Waals surface area contributed by atoms with E-state index < -0.39 is 6.36 Å². The molecule has 32 heavy (non-hydrogen) atoms. The lowest BCUT2D eigenvalue weighted by atomic mass is 10.2. The van der Waals surface area contributed by atoms with Gasteiger partial charge in [-0.25, -0.2) is 0 Å². The lowest BCUT2D eigenvalue weighted by molar-refractivity contribution is -0.274. The molecule has 1 amide bonds. The van der Waals surface area contributed by atoms with Crippen LogP contribution < -0.4 is 10.1 Å². The second-order valence-corrected chi connectivity index (χ2v) is 7.42. The summed E-state index contributed by atoms with van der Waals surface area (Å²) in [5, 5.41) is 11.4. The first-order valence-corrected chi connectivity index (χ1v) is 10.2. The maximum absolute atomic E-state index is 12.3. The molecule has 3 aromatic rings. The van der Waals surface area contributed by atoms with E-state index in [1.807, 2.05) is 0 Å². The molecule has 1 aliphatic rings. The van der Waals surface area contributed by atoms with Gasteiger partial charge in [0, 0.05) is 45.6 Å². The minimum absolute atomic E-state index is 0.202. The number of amides is 1. The summed E-state index contributed by atoms with van der Waals surface area (Å²) in [4.78, 5) is 14.2. The van der Waals surface area contributed by atoms with Crippen molar-refractivity contribution in [1.29, 1.82) is 0 Å². The molecule has 0 atom stereocenters. The van der Waals surface area contributed by atoms with Crippen LogP contribution in [-0.4, -0.2) is 51.6 Å². The van der Waals surface area contributed by atoms with E-state index in [0.717, 1.165) is 30.3 Å². The Morgan fingerprint density at radius 1 is 1.12 bits per heavy atom. The fourth-order valence-corrected chi connectivity index (χ4v) is 3.61. The number of carbonyl (C=O) groups is 1. The van der Waals surface area contributed by atoms with Gasteiger partial charge in [-0.15, -0.1) is 23.4 Å². The van der Waals surface area contributed by atoms with Crippen molar-refractivity contribution >= 4 is 5.91 Å². The summed E-state index contributed by atoms with van der Waals surface area (Å²) in [6.07, 6.45) is -0.588. The van der Waals surface area contributed by atoms with Crippen LogP contribution in [0.5, 0.6) is 5.75 Å². The van der Waals surface area contributed by atoms with E-state index in [4.69, 9.17) is 4.42 Å². The van der Waals surface area contributed by atoms with Crippen LogP contribution in [0, 0.1) is 0 Å². The molecule has 0 unspecified atom stereocenters. The predicted octanol–water partition coefficient (Wildman–Crippen LogP) is 2.80. The van der Waals surface area contributed by atoms with Crippen molar-refractivity contribution < 1.29 is 27.1 Å². The van der Waals surface area contributed by atoms with Crippen molar-refractivity contribution in [2.75, 3.05) is 19.6 Å². The standard InChI is InChI=1S/C21H22F3N5O3/c22-21(23,24)32-17-3-1-15(2-4-17)13-28-9-6-19-27-26-18(29(19)11-10-28)5-8-25-20(30)16-7-12-31-14-16/h1-4,7,12,14H,5-6,8-11,13H2,(H,25,30). The van der Waals surface area contributed by atoms with Crippen LogP contribution in [0.25, 0.3) is 0 Å². The quantitative estimate of drug-likeness (QED) is 0.597. The minimum atomic E-state index is -4.69. The molecule has 0 bridgehead atoms. The molecular weight excluding hydrogens is 427 g/mol. The lowest BCUT2D eigenvalue weighted by Gasteiger charge is -2.20. The molecule has 0 radical (unpaired) electrons. The molecule has 8 nitrogen and oxygen atoms in total. The Hall–Kier alpha value is -3.34. The van der Waals surface area contributed by atoms with Gasteiger partial charge >= 0.3 is 6.36 Å². The van der Waals surface area contributed by atoms with Gasteiger partial charge in [0.05, 0.1) is 11.8 Å². The van der Waals surface area contributed by atoms with Gasteiger partial charge in [0.1, 0.15) is 23.7 Å². The summed E-state index contributed by atoms with van der Waals surface area (Å²) in [6, 6.07) is 7.53. The summed E-state index contributed by atoms with van der Waals surface area (Å²) in [7, 11) is 0. The molecule has 0 fully saturated rings. The molecule has 0 saturated heterocycles. The van der Waals surface area contributed by atoms with Crippen LogP contribution in [0.3, 0.4) is 0 Å². The number of nitrogens with zero attached hydrogens (tertiary/aromatic N) is 4. The monoisotopic (exact) mass is 449 g/mol. The Balaban J connectivity index is 1.29. The average molecular weight is 449 g/mol. The predicted molar refractivity (Wildman–Crippen MR) is 107 cm³/mol. The number of benzene rings is 1. The number of alkyl halides is 3. The zero-order chi connectivity index (χ0) is 22.6. The fraction of sp³-hybridized carbons (Fsp3) is 0.381. The highest BCUT2D eigenvalue weighted by Gasteiger charge is 2.31. The van der Waals surface area contributed by atoms with Gasteiger partial charge in [0.25, 0.3) is 5.91 Å². The molecule has 0 saturated carbocycles. The van der Waals surface area contributed by atoms with E-state index in [9.17, 15) is 18.0 Å². The van der Waals surface area contributed by atoms with Gasteiger partial charge in [-0.2, -0.15) is 0 Å². The number of hydrogen-bond donors (Lipinski definition) is 1. The first kappa shape index (κ1) is 21.9. The molecule has 3 heterocycles. The van der Waals surface area contributed by atoms with Gasteiger partial charge < -0.3 is 19.0 Å². The Kier molecular flexibility index (Phi) is 6.45. The maximum atomic E-state index is 12.3. The van der Waals surface area contributed by atoms with E-state index in [2.05, 4.69) is 29.7 Å². The summed E-state index contributed by atoms with van der Waals surface area (Å²) in [6.45, 7) is 3.25. The molecule has 0 spiro atoms. The average Bonchev–Trinajstić information content (AvgIpc) is 3.37. The first-order chi connectivity index (χ1) is 15.4. The highest BCUT2D eigenvalue weighted by atomic mass is 19.4. The Bertz CT molecular complexity index is 1030. The second-order valence-electron chi connectivity index (χ2n) is 7.42. The molecule has 4 rings (SSSR count). The number of carbonyl (C=O) groups excluding carboxylic acids is 1. The zero-order valence-corrected chi connectivity index (χ0v) is 17.1. The maximum Gasteiger partial charge on any atom is 0.573 e. The number of furan rings is 1. The Morgan fingerprint density at radius 2 is 1.94 bits per heavy atom. The normalized spacial score (nSPS) is 14.6. The Morgan fingerprint density at radius 3 is 2.66 bits per heavy atom. The van der Waals surface area contributed by atoms with E-state index in [0.29, 0.717) is 38.0 Å². The van der Waals surface area contributed by atoms with Gasteiger partial charge in [0.15, 0.2) is 0 Å². The topological polar surface area (TPSA) is 85.4 Å². The molecule has 2 aromatic heterocycles. The molecule has 11 heteroatoms. The third-order valence-corrected chi connectivity index (χ3v) is 5.18. The summed E-state index contributed by atoms with van der Waals surface area (Å²) in [5.41, 5.74) is 1.37. The summed E-state index contributed by atoms with van der Waals surface area (Å²) < 4.78 is 47.8. The number of rotatable bonds is 7. The SMILES string of the molecule is O=C(NCCc1nnc2n1CCN(Cc1ccc(OC(F)(F)F)cc1)CC2)c1ccoc1. The van der Waals surface area contributed by atoms with Crippen LogP contribution in [0.1, 0.15) is 27.6 Å².